The fourth-order valence-corrected chi connectivity index (χ4v) is 2.63. The number of benzene rings is 2. The molecule has 0 unspecified atom stereocenters. The third kappa shape index (κ3) is 5.81. The number of ether oxygens (including phenoxy) is 1. The van der Waals surface area contributed by atoms with E-state index < -0.39 is 11.6 Å². The van der Waals surface area contributed by atoms with Crippen LogP contribution in [0.3, 0.4) is 0 Å². The molecule has 0 saturated heterocycles. The molecule has 0 atom stereocenters. The van der Waals surface area contributed by atoms with Gasteiger partial charge >= 0.3 is 5.97 Å². The van der Waals surface area contributed by atoms with Crippen LogP contribution in [0.25, 0.3) is 0 Å². The summed E-state index contributed by atoms with van der Waals surface area (Å²) in [5.74, 6) is -0.586. The van der Waals surface area contributed by atoms with Gasteiger partial charge in [0.1, 0.15) is 5.75 Å². The highest BCUT2D eigenvalue weighted by Gasteiger charge is 2.29. The molecule has 2 rings (SSSR count). The Bertz CT molecular complexity index is 754. The summed E-state index contributed by atoms with van der Waals surface area (Å²) in [4.78, 5) is 24.3. The normalized spacial score (nSPS) is 11.0. The molecule has 26 heavy (non-hydrogen) atoms. The third-order valence-electron chi connectivity index (χ3n) is 3.83. The monoisotopic (exact) mass is 373 g/mol. The molecule has 0 bridgehead atoms. The van der Waals surface area contributed by atoms with E-state index in [-0.39, 0.29) is 5.91 Å². The Balaban J connectivity index is 1.85. The number of thioether (sulfide) groups is 1. The summed E-state index contributed by atoms with van der Waals surface area (Å²) in [6, 6.07) is 14.8. The van der Waals surface area contributed by atoms with Crippen molar-refractivity contribution >= 4 is 29.3 Å². The number of carboxylic acids is 1. The van der Waals surface area contributed by atoms with Gasteiger partial charge in [0.15, 0.2) is 5.60 Å². The van der Waals surface area contributed by atoms with Crippen LogP contribution in [0.15, 0.2) is 53.4 Å². The Morgan fingerprint density at radius 1 is 1.08 bits per heavy atom. The maximum absolute atomic E-state index is 12.1. The van der Waals surface area contributed by atoms with Crippen molar-refractivity contribution in [2.24, 2.45) is 0 Å². The molecule has 0 radical (unpaired) electrons. The average molecular weight is 373 g/mol. The van der Waals surface area contributed by atoms with E-state index in [0.717, 1.165) is 16.1 Å². The maximum Gasteiger partial charge on any atom is 0.347 e. The van der Waals surface area contributed by atoms with Gasteiger partial charge in [-0.05, 0) is 68.5 Å². The van der Waals surface area contributed by atoms with E-state index in [0.29, 0.717) is 18.6 Å². The van der Waals surface area contributed by atoms with Crippen molar-refractivity contribution in [1.29, 1.82) is 0 Å². The number of anilines is 1. The van der Waals surface area contributed by atoms with Gasteiger partial charge in [-0.25, -0.2) is 4.79 Å². The number of carboxylic acid groups (broad SMARTS) is 1. The van der Waals surface area contributed by atoms with Gasteiger partial charge < -0.3 is 15.2 Å². The van der Waals surface area contributed by atoms with Crippen molar-refractivity contribution in [3.8, 4) is 5.75 Å². The Hall–Kier alpha value is -2.47. The van der Waals surface area contributed by atoms with Crippen LogP contribution < -0.4 is 10.1 Å². The lowest BCUT2D eigenvalue weighted by Gasteiger charge is -2.21. The van der Waals surface area contributed by atoms with E-state index in [1.807, 2.05) is 42.7 Å². The standard InChI is InChI=1S/C20H23NO4S/c1-20(2,19(23)24)25-16-9-4-14(5-10-16)6-13-18(22)21-15-7-11-17(26-3)12-8-15/h4-5,7-12H,6,13H2,1-3H3,(H,21,22)(H,23,24). The number of nitrogens with one attached hydrogen (secondary N) is 1. The van der Waals surface area contributed by atoms with Crippen molar-refractivity contribution in [3.63, 3.8) is 0 Å². The van der Waals surface area contributed by atoms with Crippen LogP contribution in [0.2, 0.25) is 0 Å². The van der Waals surface area contributed by atoms with E-state index in [1.165, 1.54) is 13.8 Å². The number of rotatable bonds is 8. The highest BCUT2D eigenvalue weighted by atomic mass is 32.2. The highest BCUT2D eigenvalue weighted by molar-refractivity contribution is 7.98. The minimum absolute atomic E-state index is 0.0470. The molecular formula is C20H23NO4S. The van der Waals surface area contributed by atoms with Crippen LogP contribution in [-0.4, -0.2) is 28.8 Å². The van der Waals surface area contributed by atoms with Crippen LogP contribution >= 0.6 is 11.8 Å². The van der Waals surface area contributed by atoms with Crippen LogP contribution in [0.1, 0.15) is 25.8 Å². The van der Waals surface area contributed by atoms with Crippen LogP contribution in [0.5, 0.6) is 5.75 Å². The molecule has 2 aromatic carbocycles. The summed E-state index contributed by atoms with van der Waals surface area (Å²) in [7, 11) is 0. The summed E-state index contributed by atoms with van der Waals surface area (Å²) in [5, 5.41) is 12.0. The zero-order chi connectivity index (χ0) is 19.2. The lowest BCUT2D eigenvalue weighted by molar-refractivity contribution is -0.152. The molecule has 2 N–H and O–H groups in total. The summed E-state index contributed by atoms with van der Waals surface area (Å²) in [5.41, 5.74) is 0.485. The van der Waals surface area contributed by atoms with Gasteiger partial charge in [-0.1, -0.05) is 12.1 Å². The first-order valence-corrected chi connectivity index (χ1v) is 9.48. The van der Waals surface area contributed by atoms with Crippen molar-refractivity contribution in [2.75, 3.05) is 11.6 Å². The van der Waals surface area contributed by atoms with Crippen molar-refractivity contribution in [2.45, 2.75) is 37.2 Å². The van der Waals surface area contributed by atoms with Gasteiger partial charge in [0.2, 0.25) is 5.91 Å². The Kier molecular flexibility index (Phi) is 6.69. The number of amides is 1. The number of hydrogen-bond acceptors (Lipinski definition) is 4. The third-order valence-corrected chi connectivity index (χ3v) is 4.57. The molecule has 0 aliphatic carbocycles. The molecule has 138 valence electrons. The lowest BCUT2D eigenvalue weighted by Crippen LogP contribution is -2.37. The number of aryl methyl sites for hydroxylation is 1. The minimum Gasteiger partial charge on any atom is -0.478 e. The largest absolute Gasteiger partial charge is 0.478 e. The quantitative estimate of drug-likeness (QED) is 0.678. The van der Waals surface area contributed by atoms with Crippen LogP contribution in [0.4, 0.5) is 5.69 Å². The van der Waals surface area contributed by atoms with E-state index in [9.17, 15) is 9.59 Å². The molecule has 0 aliphatic heterocycles. The smallest absolute Gasteiger partial charge is 0.347 e. The predicted molar refractivity (Wildman–Crippen MR) is 104 cm³/mol. The van der Waals surface area contributed by atoms with Crippen molar-refractivity contribution in [1.82, 2.24) is 0 Å². The highest BCUT2D eigenvalue weighted by Crippen LogP contribution is 2.20. The summed E-state index contributed by atoms with van der Waals surface area (Å²) < 4.78 is 5.46. The molecule has 1 amide bonds. The fraction of sp³-hybridized carbons (Fsp3) is 0.300. The SMILES string of the molecule is CSc1ccc(NC(=O)CCc2ccc(OC(C)(C)C(=O)O)cc2)cc1. The van der Waals surface area contributed by atoms with Crippen molar-refractivity contribution < 1.29 is 19.4 Å². The van der Waals surface area contributed by atoms with E-state index in [1.54, 1.807) is 23.9 Å². The molecule has 6 heteroatoms. The van der Waals surface area contributed by atoms with Gasteiger partial charge in [-0.15, -0.1) is 11.8 Å². The summed E-state index contributed by atoms with van der Waals surface area (Å²) in [6.45, 7) is 3.00. The first-order valence-electron chi connectivity index (χ1n) is 8.25. The molecular weight excluding hydrogens is 350 g/mol. The van der Waals surface area contributed by atoms with Crippen LogP contribution in [-0.2, 0) is 16.0 Å². The summed E-state index contributed by atoms with van der Waals surface area (Å²) in [6.07, 6.45) is 2.97. The number of carbonyl (C=O) groups is 2. The van der Waals surface area contributed by atoms with E-state index in [2.05, 4.69) is 5.32 Å². The molecule has 0 saturated carbocycles. The fourth-order valence-electron chi connectivity index (χ4n) is 2.22. The molecule has 5 nitrogen and oxygen atoms in total. The maximum atomic E-state index is 12.1. The predicted octanol–water partition coefficient (Wildman–Crippen LogP) is 4.22. The van der Waals surface area contributed by atoms with Gasteiger partial charge in [-0.3, -0.25) is 4.79 Å². The van der Waals surface area contributed by atoms with Gasteiger partial charge in [0.05, 0.1) is 0 Å². The molecule has 2 aromatic rings. The first-order chi connectivity index (χ1) is 12.3. The Morgan fingerprint density at radius 3 is 2.23 bits per heavy atom. The topological polar surface area (TPSA) is 75.6 Å². The molecule has 0 fully saturated rings. The molecule has 0 spiro atoms. The van der Waals surface area contributed by atoms with Gasteiger partial charge in [0, 0.05) is 17.0 Å². The number of hydrogen-bond donors (Lipinski definition) is 2. The van der Waals surface area contributed by atoms with Crippen molar-refractivity contribution in [3.05, 3.63) is 54.1 Å². The molecule has 0 aliphatic rings. The molecule has 0 aromatic heterocycles. The second-order valence-corrected chi connectivity index (χ2v) is 7.22. The summed E-state index contributed by atoms with van der Waals surface area (Å²) >= 11 is 1.65. The average Bonchev–Trinajstić information content (AvgIpc) is 2.61. The van der Waals surface area contributed by atoms with Crippen LogP contribution in [0, 0.1) is 0 Å². The Labute approximate surface area is 157 Å². The molecule has 0 heterocycles. The first kappa shape index (κ1) is 19.8. The Morgan fingerprint density at radius 2 is 1.69 bits per heavy atom. The second kappa shape index (κ2) is 8.76. The number of aliphatic carboxylic acids is 1. The second-order valence-electron chi connectivity index (χ2n) is 6.34. The zero-order valence-corrected chi connectivity index (χ0v) is 15.9. The van der Waals surface area contributed by atoms with Gasteiger partial charge in [-0.2, -0.15) is 0 Å². The van der Waals surface area contributed by atoms with Gasteiger partial charge in [0.25, 0.3) is 0 Å². The minimum atomic E-state index is -1.28. The zero-order valence-electron chi connectivity index (χ0n) is 15.1. The number of carbonyl (C=O) groups excluding carboxylic acids is 1. The van der Waals surface area contributed by atoms with E-state index in [4.69, 9.17) is 9.84 Å². The lowest BCUT2D eigenvalue weighted by atomic mass is 10.1. The van der Waals surface area contributed by atoms with E-state index >= 15 is 0 Å².